The third kappa shape index (κ3) is 8.54. The summed E-state index contributed by atoms with van der Waals surface area (Å²) in [7, 11) is 0. The summed E-state index contributed by atoms with van der Waals surface area (Å²) in [5.74, 6) is 0. The lowest BCUT2D eigenvalue weighted by atomic mass is 10.2. The summed E-state index contributed by atoms with van der Waals surface area (Å²) in [5.41, 5.74) is 7.50. The molecule has 0 radical (unpaired) electrons. The molecule has 0 heterocycles. The van der Waals surface area contributed by atoms with Gasteiger partial charge in [0.05, 0.1) is 0 Å². The number of para-hydroxylation sites is 1. The maximum atomic E-state index is 5.36. The summed E-state index contributed by atoms with van der Waals surface area (Å²) >= 11 is 0. The van der Waals surface area contributed by atoms with Gasteiger partial charge in [-0.3, -0.25) is 0 Å². The summed E-state index contributed by atoms with van der Waals surface area (Å²) in [6.07, 6.45) is 0. The Morgan fingerprint density at radius 2 is 0.800 bits per heavy atom. The molecular formula is C19H21N. The van der Waals surface area contributed by atoms with E-state index in [1.54, 1.807) is 0 Å². The van der Waals surface area contributed by atoms with Crippen LogP contribution in [0.25, 0.3) is 0 Å². The molecule has 0 spiro atoms. The number of hydrogen-bond acceptors (Lipinski definition) is 1. The first-order chi connectivity index (χ1) is 9.79. The summed E-state index contributed by atoms with van der Waals surface area (Å²) in [5, 5.41) is 0. The lowest BCUT2D eigenvalue weighted by molar-refractivity contribution is 1.48. The Morgan fingerprint density at radius 3 is 1.00 bits per heavy atom. The van der Waals surface area contributed by atoms with E-state index in [0.717, 1.165) is 5.69 Å². The predicted octanol–water partition coefficient (Wildman–Crippen LogP) is 4.95. The van der Waals surface area contributed by atoms with E-state index in [1.807, 2.05) is 84.9 Å². The zero-order chi connectivity index (χ0) is 14.5. The van der Waals surface area contributed by atoms with Gasteiger partial charge in [0.2, 0.25) is 0 Å². The second-order valence-electron chi connectivity index (χ2n) is 4.22. The minimum Gasteiger partial charge on any atom is -0.399 e. The van der Waals surface area contributed by atoms with E-state index >= 15 is 0 Å². The smallest absolute Gasteiger partial charge is 0.0313 e. The molecule has 0 atom stereocenters. The third-order valence-electron chi connectivity index (χ3n) is 2.41. The second kappa shape index (κ2) is 10.4. The molecule has 3 rings (SSSR count). The fourth-order valence-electron chi connectivity index (χ4n) is 1.37. The normalized spacial score (nSPS) is 8.45. The molecular weight excluding hydrogens is 242 g/mol. The Bertz CT molecular complexity index is 468. The summed E-state index contributed by atoms with van der Waals surface area (Å²) in [6, 6.07) is 31.7. The van der Waals surface area contributed by atoms with Gasteiger partial charge in [0.1, 0.15) is 0 Å². The van der Waals surface area contributed by atoms with Crippen LogP contribution in [0.5, 0.6) is 0 Å². The summed E-state index contributed by atoms with van der Waals surface area (Å²) < 4.78 is 0. The molecule has 0 bridgehead atoms. The molecule has 0 unspecified atom stereocenters. The number of nitrogens with two attached hydrogens (primary N) is 1. The molecule has 0 saturated heterocycles. The molecule has 1 nitrogen and oxygen atoms in total. The largest absolute Gasteiger partial charge is 0.399 e. The second-order valence-corrected chi connectivity index (χ2v) is 4.22. The standard InChI is InChI=1S/C7H8.C6H7N.C6H6/c1-7-5-3-2-4-6-7;7-6-4-2-1-3-5-6;1-2-4-6-5-3-1/h2-6H,1H3;1-5H,7H2;1-6H. The molecule has 102 valence electrons. The molecule has 0 aliphatic heterocycles. The van der Waals surface area contributed by atoms with Crippen LogP contribution in [0, 0.1) is 6.92 Å². The average molecular weight is 263 g/mol. The van der Waals surface area contributed by atoms with Crippen LogP contribution in [-0.4, -0.2) is 0 Å². The third-order valence-corrected chi connectivity index (χ3v) is 2.41. The molecule has 1 heteroatoms. The number of hydrogen-bond donors (Lipinski definition) is 1. The predicted molar refractivity (Wildman–Crippen MR) is 88.5 cm³/mol. The van der Waals surface area contributed by atoms with Crippen LogP contribution in [0.1, 0.15) is 5.56 Å². The van der Waals surface area contributed by atoms with Gasteiger partial charge in [-0.15, -0.1) is 0 Å². The van der Waals surface area contributed by atoms with Gasteiger partial charge in [-0.1, -0.05) is 90.5 Å². The summed E-state index contributed by atoms with van der Waals surface area (Å²) in [6.45, 7) is 2.08. The Morgan fingerprint density at radius 1 is 0.500 bits per heavy atom. The lowest BCUT2D eigenvalue weighted by Gasteiger charge is -1.83. The Labute approximate surface area is 121 Å². The maximum Gasteiger partial charge on any atom is 0.0313 e. The van der Waals surface area contributed by atoms with Gasteiger partial charge in [-0.2, -0.15) is 0 Å². The minimum absolute atomic E-state index is 0.822. The highest BCUT2D eigenvalue weighted by Crippen LogP contribution is 1.96. The van der Waals surface area contributed by atoms with Gasteiger partial charge >= 0.3 is 0 Å². The minimum atomic E-state index is 0.822. The molecule has 0 aliphatic rings. The number of rotatable bonds is 0. The van der Waals surface area contributed by atoms with E-state index in [2.05, 4.69) is 19.1 Å². The van der Waals surface area contributed by atoms with Crippen molar-refractivity contribution in [3.63, 3.8) is 0 Å². The van der Waals surface area contributed by atoms with Crippen molar-refractivity contribution in [3.05, 3.63) is 103 Å². The number of benzene rings is 3. The highest BCUT2D eigenvalue weighted by Gasteiger charge is 1.72. The number of anilines is 1. The van der Waals surface area contributed by atoms with Crippen molar-refractivity contribution >= 4 is 5.69 Å². The van der Waals surface area contributed by atoms with Gasteiger partial charge in [0, 0.05) is 5.69 Å². The molecule has 3 aromatic carbocycles. The fraction of sp³-hybridized carbons (Fsp3) is 0.0526. The van der Waals surface area contributed by atoms with Gasteiger partial charge in [-0.05, 0) is 19.1 Å². The highest BCUT2D eigenvalue weighted by molar-refractivity contribution is 5.35. The van der Waals surface area contributed by atoms with Crippen LogP contribution in [-0.2, 0) is 0 Å². The number of aryl methyl sites for hydroxylation is 1. The van der Waals surface area contributed by atoms with E-state index in [0.29, 0.717) is 0 Å². The molecule has 0 amide bonds. The topological polar surface area (TPSA) is 26.0 Å². The van der Waals surface area contributed by atoms with Crippen LogP contribution >= 0.6 is 0 Å². The van der Waals surface area contributed by atoms with Gasteiger partial charge in [-0.25, -0.2) is 0 Å². The number of nitrogen functional groups attached to an aromatic ring is 1. The SMILES string of the molecule is Cc1ccccc1.Nc1ccccc1.c1ccccc1. The van der Waals surface area contributed by atoms with E-state index < -0.39 is 0 Å². The lowest BCUT2D eigenvalue weighted by Crippen LogP contribution is -1.79. The van der Waals surface area contributed by atoms with Gasteiger partial charge in [0.25, 0.3) is 0 Å². The molecule has 0 saturated carbocycles. The zero-order valence-electron chi connectivity index (χ0n) is 11.8. The van der Waals surface area contributed by atoms with Crippen molar-refractivity contribution < 1.29 is 0 Å². The van der Waals surface area contributed by atoms with Crippen LogP contribution < -0.4 is 5.73 Å². The van der Waals surface area contributed by atoms with Crippen LogP contribution in [0.15, 0.2) is 97.1 Å². The van der Waals surface area contributed by atoms with E-state index in [4.69, 9.17) is 5.73 Å². The van der Waals surface area contributed by atoms with Crippen molar-refractivity contribution in [3.8, 4) is 0 Å². The Kier molecular flexibility index (Phi) is 8.06. The first-order valence-corrected chi connectivity index (χ1v) is 6.61. The molecule has 20 heavy (non-hydrogen) atoms. The first-order valence-electron chi connectivity index (χ1n) is 6.61. The highest BCUT2D eigenvalue weighted by atomic mass is 14.5. The van der Waals surface area contributed by atoms with Crippen molar-refractivity contribution in [2.75, 3.05) is 5.73 Å². The van der Waals surface area contributed by atoms with Crippen molar-refractivity contribution in [2.24, 2.45) is 0 Å². The quantitative estimate of drug-likeness (QED) is 0.570. The van der Waals surface area contributed by atoms with E-state index in [9.17, 15) is 0 Å². The zero-order valence-corrected chi connectivity index (χ0v) is 11.8. The molecule has 0 fully saturated rings. The molecule has 3 aromatic rings. The Hall–Kier alpha value is -2.54. The monoisotopic (exact) mass is 263 g/mol. The average Bonchev–Trinajstić information content (AvgIpc) is 2.52. The maximum absolute atomic E-state index is 5.36. The van der Waals surface area contributed by atoms with Crippen molar-refractivity contribution in [1.29, 1.82) is 0 Å². The van der Waals surface area contributed by atoms with Gasteiger partial charge < -0.3 is 5.73 Å². The van der Waals surface area contributed by atoms with Crippen LogP contribution in [0.3, 0.4) is 0 Å². The van der Waals surface area contributed by atoms with Crippen LogP contribution in [0.2, 0.25) is 0 Å². The molecule has 0 aliphatic carbocycles. The molecule has 2 N–H and O–H groups in total. The molecule has 0 aromatic heterocycles. The Balaban J connectivity index is 0.000000151. The first kappa shape index (κ1) is 15.5. The van der Waals surface area contributed by atoms with Gasteiger partial charge in [0.15, 0.2) is 0 Å². The van der Waals surface area contributed by atoms with E-state index in [1.165, 1.54) is 5.56 Å². The van der Waals surface area contributed by atoms with E-state index in [-0.39, 0.29) is 0 Å². The summed E-state index contributed by atoms with van der Waals surface area (Å²) in [4.78, 5) is 0. The fourth-order valence-corrected chi connectivity index (χ4v) is 1.37. The van der Waals surface area contributed by atoms with Crippen molar-refractivity contribution in [1.82, 2.24) is 0 Å². The van der Waals surface area contributed by atoms with Crippen LogP contribution in [0.4, 0.5) is 5.69 Å². The van der Waals surface area contributed by atoms with Crippen molar-refractivity contribution in [2.45, 2.75) is 6.92 Å².